The van der Waals surface area contributed by atoms with Gasteiger partial charge in [-0.1, -0.05) is 18.6 Å². The Bertz CT molecular complexity index is 527. The molecule has 0 aliphatic heterocycles. The molecule has 2 N–H and O–H groups in total. The van der Waals surface area contributed by atoms with Gasteiger partial charge in [-0.2, -0.15) is 0 Å². The van der Waals surface area contributed by atoms with Gasteiger partial charge in [0.1, 0.15) is 5.75 Å². The van der Waals surface area contributed by atoms with Gasteiger partial charge >= 0.3 is 0 Å². The van der Waals surface area contributed by atoms with Crippen molar-refractivity contribution in [2.45, 2.75) is 31.6 Å². The first-order valence-corrected chi connectivity index (χ1v) is 8.27. The lowest BCUT2D eigenvalue weighted by atomic mass is 9.63. The molecule has 0 atom stereocenters. The fourth-order valence-corrected chi connectivity index (χ4v) is 3.03. The summed E-state index contributed by atoms with van der Waals surface area (Å²) >= 11 is 0. The van der Waals surface area contributed by atoms with E-state index in [-0.39, 0.29) is 11.3 Å². The highest BCUT2D eigenvalue weighted by molar-refractivity contribution is 5.89. The summed E-state index contributed by atoms with van der Waals surface area (Å²) in [6.45, 7) is 4.88. The molecule has 0 heterocycles. The molecule has 1 saturated carbocycles. The molecule has 1 aromatic carbocycles. The molecule has 1 aromatic rings. The van der Waals surface area contributed by atoms with Crippen molar-refractivity contribution in [1.29, 1.82) is 0 Å². The number of nitrogens with one attached hydrogen (secondary N) is 2. The van der Waals surface area contributed by atoms with Gasteiger partial charge < -0.3 is 20.1 Å². The lowest BCUT2D eigenvalue weighted by Gasteiger charge is -2.41. The summed E-state index contributed by atoms with van der Waals surface area (Å²) in [6, 6.07) is 6.12. The molecule has 0 saturated heterocycles. The van der Waals surface area contributed by atoms with Crippen LogP contribution < -0.4 is 15.4 Å². The van der Waals surface area contributed by atoms with Crippen LogP contribution in [-0.4, -0.2) is 46.4 Å². The monoisotopic (exact) mass is 320 g/mol. The smallest absolute Gasteiger partial charge is 0.230 e. The quantitative estimate of drug-likeness (QED) is 0.681. The molecule has 128 valence electrons. The van der Waals surface area contributed by atoms with Crippen molar-refractivity contribution in [2.24, 2.45) is 0 Å². The minimum Gasteiger partial charge on any atom is -0.496 e. The van der Waals surface area contributed by atoms with Crippen molar-refractivity contribution in [3.05, 3.63) is 29.3 Å². The minimum atomic E-state index is -0.381. The maximum Gasteiger partial charge on any atom is 0.230 e. The summed E-state index contributed by atoms with van der Waals surface area (Å²) < 4.78 is 10.4. The van der Waals surface area contributed by atoms with Gasteiger partial charge in [0.15, 0.2) is 0 Å². The standard InChI is InChI=1S/C18H28N2O3/c1-14-5-6-15(13-16(14)23-3)18(7-4-8-18)17(21)20-10-9-19-11-12-22-2/h5-6,13,19H,4,7-12H2,1-3H3,(H,20,21). The predicted octanol–water partition coefficient (Wildman–Crippen LogP) is 1.78. The van der Waals surface area contributed by atoms with Crippen LogP contribution in [0.15, 0.2) is 18.2 Å². The summed E-state index contributed by atoms with van der Waals surface area (Å²) in [5.41, 5.74) is 1.78. The van der Waals surface area contributed by atoms with Crippen LogP contribution in [0.5, 0.6) is 5.75 Å². The number of rotatable bonds is 9. The number of hydrogen-bond acceptors (Lipinski definition) is 4. The van der Waals surface area contributed by atoms with Crippen LogP contribution in [0.1, 0.15) is 30.4 Å². The highest BCUT2D eigenvalue weighted by Gasteiger charge is 2.45. The Morgan fingerprint density at radius 1 is 1.22 bits per heavy atom. The molecule has 1 fully saturated rings. The number of benzene rings is 1. The zero-order valence-corrected chi connectivity index (χ0v) is 14.4. The average molecular weight is 320 g/mol. The number of amides is 1. The number of carbonyl (C=O) groups excluding carboxylic acids is 1. The van der Waals surface area contributed by atoms with Crippen LogP contribution in [0.2, 0.25) is 0 Å². The van der Waals surface area contributed by atoms with E-state index in [0.29, 0.717) is 13.2 Å². The third kappa shape index (κ3) is 4.03. The van der Waals surface area contributed by atoms with Crippen molar-refractivity contribution in [3.63, 3.8) is 0 Å². The maximum absolute atomic E-state index is 12.7. The van der Waals surface area contributed by atoms with E-state index >= 15 is 0 Å². The molecule has 5 heteroatoms. The van der Waals surface area contributed by atoms with Gasteiger partial charge in [0.2, 0.25) is 5.91 Å². The van der Waals surface area contributed by atoms with E-state index in [9.17, 15) is 4.79 Å². The summed E-state index contributed by atoms with van der Waals surface area (Å²) in [7, 11) is 3.35. The molecule has 0 unspecified atom stereocenters. The minimum absolute atomic E-state index is 0.128. The molecule has 1 aliphatic carbocycles. The number of methoxy groups -OCH3 is 2. The Kier molecular flexibility index (Phi) is 6.42. The van der Waals surface area contributed by atoms with E-state index in [0.717, 1.165) is 49.2 Å². The van der Waals surface area contributed by atoms with Gasteiger partial charge in [0, 0.05) is 26.7 Å². The zero-order chi connectivity index (χ0) is 16.7. The van der Waals surface area contributed by atoms with Crippen LogP contribution in [0.4, 0.5) is 0 Å². The second-order valence-corrected chi connectivity index (χ2v) is 6.12. The number of ether oxygens (including phenoxy) is 2. The highest BCUT2D eigenvalue weighted by atomic mass is 16.5. The Labute approximate surface area is 138 Å². The van der Waals surface area contributed by atoms with E-state index in [4.69, 9.17) is 9.47 Å². The number of hydrogen-bond donors (Lipinski definition) is 2. The fourth-order valence-electron chi connectivity index (χ4n) is 3.03. The molecule has 2 rings (SSSR count). The summed E-state index contributed by atoms with van der Waals surface area (Å²) in [5.74, 6) is 0.978. The summed E-state index contributed by atoms with van der Waals surface area (Å²) in [5, 5.41) is 6.30. The van der Waals surface area contributed by atoms with Gasteiger partial charge in [-0.15, -0.1) is 0 Å². The van der Waals surface area contributed by atoms with E-state index in [1.54, 1.807) is 14.2 Å². The van der Waals surface area contributed by atoms with Crippen molar-refractivity contribution in [1.82, 2.24) is 10.6 Å². The SMILES string of the molecule is COCCNCCNC(=O)C1(c2ccc(C)c(OC)c2)CCC1. The van der Waals surface area contributed by atoms with Gasteiger partial charge in [-0.25, -0.2) is 0 Å². The van der Waals surface area contributed by atoms with Gasteiger partial charge in [0.05, 0.1) is 19.1 Å². The van der Waals surface area contributed by atoms with Crippen molar-refractivity contribution < 1.29 is 14.3 Å². The molecule has 5 nitrogen and oxygen atoms in total. The fraction of sp³-hybridized carbons (Fsp3) is 0.611. The molecule has 0 radical (unpaired) electrons. The first kappa shape index (κ1) is 17.8. The van der Waals surface area contributed by atoms with Crippen LogP contribution in [0.25, 0.3) is 0 Å². The summed E-state index contributed by atoms with van der Waals surface area (Å²) in [6.07, 6.45) is 2.90. The second-order valence-electron chi connectivity index (χ2n) is 6.12. The molecule has 0 aromatic heterocycles. The first-order valence-electron chi connectivity index (χ1n) is 8.27. The van der Waals surface area contributed by atoms with Gasteiger partial charge in [-0.05, 0) is 37.0 Å². The normalized spacial score (nSPS) is 15.8. The summed E-state index contributed by atoms with van der Waals surface area (Å²) in [4.78, 5) is 12.7. The van der Waals surface area contributed by atoms with Crippen LogP contribution in [-0.2, 0) is 14.9 Å². The molecule has 0 spiro atoms. The predicted molar refractivity (Wildman–Crippen MR) is 91.0 cm³/mol. The van der Waals surface area contributed by atoms with Crippen molar-refractivity contribution in [2.75, 3.05) is 40.5 Å². The van der Waals surface area contributed by atoms with Crippen molar-refractivity contribution in [3.8, 4) is 5.75 Å². The van der Waals surface area contributed by atoms with E-state index in [1.165, 1.54) is 0 Å². The van der Waals surface area contributed by atoms with E-state index < -0.39 is 0 Å². The molecule has 1 aliphatic rings. The third-order valence-electron chi connectivity index (χ3n) is 4.67. The Morgan fingerprint density at radius 2 is 2.00 bits per heavy atom. The van der Waals surface area contributed by atoms with Gasteiger partial charge in [0.25, 0.3) is 0 Å². The van der Waals surface area contributed by atoms with Crippen LogP contribution in [0.3, 0.4) is 0 Å². The molecular formula is C18H28N2O3. The lowest BCUT2D eigenvalue weighted by Crippen LogP contribution is -2.50. The Morgan fingerprint density at radius 3 is 2.61 bits per heavy atom. The van der Waals surface area contributed by atoms with Gasteiger partial charge in [-0.3, -0.25) is 4.79 Å². The average Bonchev–Trinajstić information content (AvgIpc) is 2.51. The topological polar surface area (TPSA) is 59.6 Å². The Balaban J connectivity index is 1.96. The Hall–Kier alpha value is -1.59. The zero-order valence-electron chi connectivity index (χ0n) is 14.4. The largest absolute Gasteiger partial charge is 0.496 e. The highest BCUT2D eigenvalue weighted by Crippen LogP contribution is 2.45. The second kappa shape index (κ2) is 8.31. The van der Waals surface area contributed by atoms with E-state index in [2.05, 4.69) is 16.7 Å². The van der Waals surface area contributed by atoms with E-state index in [1.807, 2.05) is 19.1 Å². The maximum atomic E-state index is 12.7. The molecule has 1 amide bonds. The molecule has 23 heavy (non-hydrogen) atoms. The molecular weight excluding hydrogens is 292 g/mol. The number of aryl methyl sites for hydroxylation is 1. The number of carbonyl (C=O) groups is 1. The van der Waals surface area contributed by atoms with Crippen LogP contribution in [0, 0.1) is 6.92 Å². The lowest BCUT2D eigenvalue weighted by molar-refractivity contribution is -0.129. The van der Waals surface area contributed by atoms with Crippen LogP contribution >= 0.6 is 0 Å². The van der Waals surface area contributed by atoms with Crippen molar-refractivity contribution >= 4 is 5.91 Å². The first-order chi connectivity index (χ1) is 11.1. The molecule has 0 bridgehead atoms. The third-order valence-corrected chi connectivity index (χ3v) is 4.67.